The largest absolute Gasteiger partial charge is 0.352 e. The topological polar surface area (TPSA) is 84.2 Å². The number of benzene rings is 1. The fourth-order valence-corrected chi connectivity index (χ4v) is 1.63. The van der Waals surface area contributed by atoms with Gasteiger partial charge in [-0.25, -0.2) is 0 Å². The van der Waals surface area contributed by atoms with Crippen LogP contribution in [0, 0.1) is 0 Å². The summed E-state index contributed by atoms with van der Waals surface area (Å²) in [6.07, 6.45) is 1.96. The molecule has 118 valence electrons. The molecule has 0 fully saturated rings. The number of carbonyl (C=O) groups is 2. The normalized spacial score (nSPS) is 11.2. The Morgan fingerprint density at radius 2 is 1.86 bits per heavy atom. The predicted molar refractivity (Wildman–Crippen MR) is 87.8 cm³/mol. The smallest absolute Gasteiger partial charge is 0.251 e. The highest BCUT2D eigenvalue weighted by atomic mass is 35.5. The molecule has 0 bridgehead atoms. The number of anilines is 1. The predicted octanol–water partition coefficient (Wildman–Crippen LogP) is 2.31. The highest BCUT2D eigenvalue weighted by Gasteiger charge is 2.06. The van der Waals surface area contributed by atoms with E-state index in [0.717, 1.165) is 6.42 Å². The van der Waals surface area contributed by atoms with Gasteiger partial charge in [-0.3, -0.25) is 9.59 Å². The molecule has 0 aliphatic heterocycles. The molecular weight excluding hydrogens is 290 g/mol. The van der Waals surface area contributed by atoms with Crippen molar-refractivity contribution in [3.05, 3.63) is 29.8 Å². The number of amides is 2. The Labute approximate surface area is 132 Å². The molecule has 1 rings (SSSR count). The Morgan fingerprint density at radius 1 is 1.24 bits per heavy atom. The van der Waals surface area contributed by atoms with Gasteiger partial charge in [-0.1, -0.05) is 6.92 Å². The molecule has 0 spiro atoms. The van der Waals surface area contributed by atoms with Crippen molar-refractivity contribution in [2.45, 2.75) is 39.2 Å². The molecule has 0 aromatic heterocycles. The van der Waals surface area contributed by atoms with Crippen LogP contribution < -0.4 is 16.4 Å². The first-order valence-corrected chi connectivity index (χ1v) is 6.96. The maximum absolute atomic E-state index is 11.7. The molecule has 0 radical (unpaired) electrons. The van der Waals surface area contributed by atoms with Crippen molar-refractivity contribution in [1.29, 1.82) is 0 Å². The average Bonchev–Trinajstić information content (AvgIpc) is 2.43. The van der Waals surface area contributed by atoms with Crippen LogP contribution in [0.4, 0.5) is 5.69 Å². The first-order chi connectivity index (χ1) is 9.52. The molecule has 1 aromatic carbocycles. The van der Waals surface area contributed by atoms with E-state index in [1.807, 2.05) is 13.8 Å². The van der Waals surface area contributed by atoms with Crippen molar-refractivity contribution < 1.29 is 9.59 Å². The zero-order valence-corrected chi connectivity index (χ0v) is 13.3. The van der Waals surface area contributed by atoms with Crippen molar-refractivity contribution in [2.24, 2.45) is 5.73 Å². The maximum Gasteiger partial charge on any atom is 0.251 e. The molecule has 0 saturated carbocycles. The molecule has 1 aromatic rings. The second-order valence-corrected chi connectivity index (χ2v) is 4.90. The maximum atomic E-state index is 11.7. The number of carbonyl (C=O) groups excluding carboxylic acids is 2. The molecule has 1 atom stereocenters. The molecular formula is C15H24ClN3O2. The number of halogens is 1. The minimum absolute atomic E-state index is 0. The Bertz CT molecular complexity index is 447. The molecule has 0 aliphatic carbocycles. The van der Waals surface area contributed by atoms with Gasteiger partial charge >= 0.3 is 0 Å². The van der Waals surface area contributed by atoms with Gasteiger partial charge in [-0.2, -0.15) is 0 Å². The van der Waals surface area contributed by atoms with E-state index < -0.39 is 0 Å². The molecule has 6 heteroatoms. The van der Waals surface area contributed by atoms with E-state index in [4.69, 9.17) is 5.73 Å². The SMILES string of the molecule is CCCNC(=O)c1ccc(NC(=O)CCC(C)N)cc1.Cl. The van der Waals surface area contributed by atoms with E-state index in [0.29, 0.717) is 30.6 Å². The van der Waals surface area contributed by atoms with Crippen LogP contribution in [0.25, 0.3) is 0 Å². The highest BCUT2D eigenvalue weighted by Crippen LogP contribution is 2.10. The van der Waals surface area contributed by atoms with Crippen molar-refractivity contribution >= 4 is 29.9 Å². The molecule has 1 unspecified atom stereocenters. The molecule has 4 N–H and O–H groups in total. The average molecular weight is 314 g/mol. The molecule has 21 heavy (non-hydrogen) atoms. The van der Waals surface area contributed by atoms with Crippen LogP contribution in [0.1, 0.15) is 43.5 Å². The Morgan fingerprint density at radius 3 is 2.38 bits per heavy atom. The number of rotatable bonds is 7. The van der Waals surface area contributed by atoms with Crippen LogP contribution in [-0.2, 0) is 4.79 Å². The summed E-state index contributed by atoms with van der Waals surface area (Å²) in [5.41, 5.74) is 6.88. The van der Waals surface area contributed by atoms with Crippen molar-refractivity contribution in [3.8, 4) is 0 Å². The Balaban J connectivity index is 0.00000400. The fraction of sp³-hybridized carbons (Fsp3) is 0.467. The molecule has 0 heterocycles. The lowest BCUT2D eigenvalue weighted by molar-refractivity contribution is -0.116. The Hall–Kier alpha value is -1.59. The van der Waals surface area contributed by atoms with E-state index in [1.54, 1.807) is 24.3 Å². The second-order valence-electron chi connectivity index (χ2n) is 4.90. The van der Waals surface area contributed by atoms with Gasteiger partial charge in [0.05, 0.1) is 0 Å². The zero-order chi connectivity index (χ0) is 15.0. The zero-order valence-electron chi connectivity index (χ0n) is 12.5. The number of nitrogens with one attached hydrogen (secondary N) is 2. The fourth-order valence-electron chi connectivity index (χ4n) is 1.63. The van der Waals surface area contributed by atoms with Gasteiger partial charge in [0.1, 0.15) is 0 Å². The van der Waals surface area contributed by atoms with E-state index >= 15 is 0 Å². The molecule has 2 amide bonds. The summed E-state index contributed by atoms with van der Waals surface area (Å²) < 4.78 is 0. The minimum atomic E-state index is -0.0957. The lowest BCUT2D eigenvalue weighted by Crippen LogP contribution is -2.24. The van der Waals surface area contributed by atoms with Crippen LogP contribution in [0.15, 0.2) is 24.3 Å². The quantitative estimate of drug-likeness (QED) is 0.722. The third-order valence-electron chi connectivity index (χ3n) is 2.79. The van der Waals surface area contributed by atoms with Gasteiger partial charge in [-0.05, 0) is 44.0 Å². The summed E-state index contributed by atoms with van der Waals surface area (Å²) >= 11 is 0. The van der Waals surface area contributed by atoms with E-state index in [1.165, 1.54) is 0 Å². The van der Waals surface area contributed by atoms with Crippen LogP contribution in [0.3, 0.4) is 0 Å². The number of nitrogens with two attached hydrogens (primary N) is 1. The third-order valence-corrected chi connectivity index (χ3v) is 2.79. The van der Waals surface area contributed by atoms with Crippen LogP contribution in [0.5, 0.6) is 0 Å². The monoisotopic (exact) mass is 313 g/mol. The summed E-state index contributed by atoms with van der Waals surface area (Å²) in [4.78, 5) is 23.3. The molecule has 0 aliphatic rings. The lowest BCUT2D eigenvalue weighted by atomic mass is 10.1. The van der Waals surface area contributed by atoms with Crippen molar-refractivity contribution in [2.75, 3.05) is 11.9 Å². The first-order valence-electron chi connectivity index (χ1n) is 6.96. The van der Waals surface area contributed by atoms with E-state index in [9.17, 15) is 9.59 Å². The van der Waals surface area contributed by atoms with Gasteiger partial charge in [0.2, 0.25) is 5.91 Å². The van der Waals surface area contributed by atoms with E-state index in [2.05, 4.69) is 10.6 Å². The summed E-state index contributed by atoms with van der Waals surface area (Å²) in [6.45, 7) is 4.53. The second kappa shape index (κ2) is 10.2. The van der Waals surface area contributed by atoms with Crippen molar-refractivity contribution in [1.82, 2.24) is 5.32 Å². The van der Waals surface area contributed by atoms with Crippen LogP contribution in [-0.4, -0.2) is 24.4 Å². The minimum Gasteiger partial charge on any atom is -0.352 e. The van der Waals surface area contributed by atoms with Gasteiger partial charge in [0.25, 0.3) is 5.91 Å². The third kappa shape index (κ3) is 7.68. The summed E-state index contributed by atoms with van der Waals surface area (Å²) in [5, 5.41) is 5.58. The van der Waals surface area contributed by atoms with Crippen LogP contribution in [0.2, 0.25) is 0 Å². The molecule has 5 nitrogen and oxygen atoms in total. The summed E-state index contributed by atoms with van der Waals surface area (Å²) in [5.74, 6) is -0.160. The van der Waals surface area contributed by atoms with Gasteiger partial charge in [0, 0.05) is 30.3 Å². The van der Waals surface area contributed by atoms with Gasteiger partial charge in [-0.15, -0.1) is 12.4 Å². The standard InChI is InChI=1S/C15H23N3O2.ClH/c1-3-10-17-15(20)12-5-7-13(8-6-12)18-14(19)9-4-11(2)16;/h5-8,11H,3-4,9-10,16H2,1-2H3,(H,17,20)(H,18,19);1H. The van der Waals surface area contributed by atoms with Gasteiger partial charge in [0.15, 0.2) is 0 Å². The van der Waals surface area contributed by atoms with Gasteiger partial charge < -0.3 is 16.4 Å². The molecule has 0 saturated heterocycles. The van der Waals surface area contributed by atoms with E-state index in [-0.39, 0.29) is 30.3 Å². The van der Waals surface area contributed by atoms with Crippen LogP contribution >= 0.6 is 12.4 Å². The summed E-state index contributed by atoms with van der Waals surface area (Å²) in [6, 6.07) is 6.87. The highest BCUT2D eigenvalue weighted by molar-refractivity contribution is 5.95. The number of hydrogen-bond acceptors (Lipinski definition) is 3. The number of hydrogen-bond donors (Lipinski definition) is 3. The summed E-state index contributed by atoms with van der Waals surface area (Å²) in [7, 11) is 0. The van der Waals surface area contributed by atoms with Crippen molar-refractivity contribution in [3.63, 3.8) is 0 Å². The Kier molecular flexibility index (Phi) is 9.41. The first kappa shape index (κ1) is 19.4. The lowest BCUT2D eigenvalue weighted by Gasteiger charge is -2.08.